The van der Waals surface area contributed by atoms with Crippen LogP contribution in [0.4, 0.5) is 16.3 Å². The average Bonchev–Trinajstić information content (AvgIpc) is 2.83. The van der Waals surface area contributed by atoms with Gasteiger partial charge >= 0.3 is 6.03 Å². The number of hydrogen-bond acceptors (Lipinski definition) is 6. The molecule has 1 saturated heterocycles. The van der Waals surface area contributed by atoms with Crippen LogP contribution in [0, 0.1) is 13.8 Å². The minimum Gasteiger partial charge on any atom is -0.493 e. The zero-order valence-electron chi connectivity index (χ0n) is 19.5. The maximum Gasteiger partial charge on any atom is 0.321 e. The van der Waals surface area contributed by atoms with Crippen LogP contribution in [0.25, 0.3) is 11.3 Å². The summed E-state index contributed by atoms with van der Waals surface area (Å²) in [5.41, 5.74) is 4.75. The first-order chi connectivity index (χ1) is 16.0. The van der Waals surface area contributed by atoms with Crippen LogP contribution < -0.4 is 19.7 Å². The number of urea groups is 1. The number of ether oxygens (including phenoxy) is 2. The summed E-state index contributed by atoms with van der Waals surface area (Å²) < 4.78 is 10.7. The molecule has 0 atom stereocenters. The Balaban J connectivity index is 1.36. The zero-order valence-corrected chi connectivity index (χ0v) is 19.5. The molecule has 1 N–H and O–H groups in total. The van der Waals surface area contributed by atoms with Crippen LogP contribution in [0.5, 0.6) is 11.5 Å². The minimum absolute atomic E-state index is 0.0745. The lowest BCUT2D eigenvalue weighted by Gasteiger charge is -2.35. The number of aryl methyl sites for hydroxylation is 2. The molecule has 172 valence electrons. The van der Waals surface area contributed by atoms with Gasteiger partial charge in [-0.2, -0.15) is 0 Å². The molecule has 3 aromatic rings. The van der Waals surface area contributed by atoms with Gasteiger partial charge in [0.15, 0.2) is 17.3 Å². The van der Waals surface area contributed by atoms with Crippen molar-refractivity contribution in [1.29, 1.82) is 0 Å². The predicted molar refractivity (Wildman–Crippen MR) is 129 cm³/mol. The lowest BCUT2D eigenvalue weighted by Crippen LogP contribution is -2.50. The highest BCUT2D eigenvalue weighted by molar-refractivity contribution is 5.89. The smallest absolute Gasteiger partial charge is 0.321 e. The van der Waals surface area contributed by atoms with Gasteiger partial charge in [0.1, 0.15) is 0 Å². The maximum atomic E-state index is 12.7. The largest absolute Gasteiger partial charge is 0.493 e. The van der Waals surface area contributed by atoms with E-state index in [1.807, 2.05) is 61.2 Å². The van der Waals surface area contributed by atoms with Gasteiger partial charge in [-0.3, -0.25) is 0 Å². The number of piperazine rings is 1. The van der Waals surface area contributed by atoms with E-state index in [-0.39, 0.29) is 6.03 Å². The van der Waals surface area contributed by atoms with Gasteiger partial charge in [-0.1, -0.05) is 6.07 Å². The highest BCUT2D eigenvalue weighted by Gasteiger charge is 2.22. The Labute approximate surface area is 194 Å². The maximum absolute atomic E-state index is 12.7. The van der Waals surface area contributed by atoms with Crippen molar-refractivity contribution in [1.82, 2.24) is 15.1 Å². The van der Waals surface area contributed by atoms with E-state index >= 15 is 0 Å². The number of benzene rings is 2. The molecule has 1 aromatic heterocycles. The summed E-state index contributed by atoms with van der Waals surface area (Å²) >= 11 is 0. The lowest BCUT2D eigenvalue weighted by atomic mass is 10.1. The third kappa shape index (κ3) is 5.16. The molecule has 0 saturated carbocycles. The first-order valence-corrected chi connectivity index (χ1v) is 10.9. The topological polar surface area (TPSA) is 79.8 Å². The fourth-order valence-corrected chi connectivity index (χ4v) is 4.03. The molecule has 2 heterocycles. The van der Waals surface area contributed by atoms with E-state index in [0.29, 0.717) is 37.7 Å². The molecular weight excluding hydrogens is 418 g/mol. The van der Waals surface area contributed by atoms with Gasteiger partial charge in [0, 0.05) is 37.4 Å². The third-order valence-electron chi connectivity index (χ3n) is 5.69. The molecule has 0 radical (unpaired) electrons. The first kappa shape index (κ1) is 22.4. The Morgan fingerprint density at radius 2 is 1.55 bits per heavy atom. The summed E-state index contributed by atoms with van der Waals surface area (Å²) in [6, 6.07) is 15.6. The molecule has 4 rings (SSSR count). The number of carbonyl (C=O) groups excluding carboxylic acids is 1. The van der Waals surface area contributed by atoms with Crippen molar-refractivity contribution < 1.29 is 14.3 Å². The fraction of sp³-hybridized carbons (Fsp3) is 0.320. The molecule has 0 aliphatic carbocycles. The Kier molecular flexibility index (Phi) is 6.63. The predicted octanol–water partition coefficient (Wildman–Crippen LogP) is 4.13. The van der Waals surface area contributed by atoms with Crippen LogP contribution >= 0.6 is 0 Å². The molecule has 0 spiro atoms. The van der Waals surface area contributed by atoms with E-state index in [4.69, 9.17) is 9.47 Å². The standard InChI is InChI=1S/C25H29N5O3/c1-17-13-18(2)15-20(14-17)26-25(31)30-11-9-29(10-12-30)24-8-6-21(27-28-24)19-5-7-22(32-3)23(16-19)33-4/h5-8,13-16H,9-12H2,1-4H3,(H,26,31). The van der Waals surface area contributed by atoms with Crippen LogP contribution in [0.2, 0.25) is 0 Å². The van der Waals surface area contributed by atoms with Crippen LogP contribution in [0.1, 0.15) is 11.1 Å². The number of aromatic nitrogens is 2. The molecule has 8 nitrogen and oxygen atoms in total. The van der Waals surface area contributed by atoms with E-state index in [9.17, 15) is 4.79 Å². The number of carbonyl (C=O) groups is 1. The second-order valence-corrected chi connectivity index (χ2v) is 8.13. The number of hydrogen-bond donors (Lipinski definition) is 1. The molecule has 1 fully saturated rings. The number of nitrogens with zero attached hydrogens (tertiary/aromatic N) is 4. The molecule has 0 unspecified atom stereocenters. The fourth-order valence-electron chi connectivity index (χ4n) is 4.03. The molecule has 1 aliphatic heterocycles. The Morgan fingerprint density at radius 3 is 2.15 bits per heavy atom. The van der Waals surface area contributed by atoms with Crippen molar-refractivity contribution >= 4 is 17.5 Å². The van der Waals surface area contributed by atoms with E-state index in [1.54, 1.807) is 14.2 Å². The first-order valence-electron chi connectivity index (χ1n) is 10.9. The highest BCUT2D eigenvalue weighted by Crippen LogP contribution is 2.31. The summed E-state index contributed by atoms with van der Waals surface area (Å²) in [6.07, 6.45) is 0. The Bertz CT molecular complexity index is 1110. The van der Waals surface area contributed by atoms with Gasteiger partial charge in [0.05, 0.1) is 19.9 Å². The molecule has 33 heavy (non-hydrogen) atoms. The minimum atomic E-state index is -0.0745. The number of nitrogens with one attached hydrogen (secondary N) is 1. The van der Waals surface area contributed by atoms with E-state index < -0.39 is 0 Å². The van der Waals surface area contributed by atoms with Crippen molar-refractivity contribution in [3.8, 4) is 22.8 Å². The highest BCUT2D eigenvalue weighted by atomic mass is 16.5. The molecule has 2 aromatic carbocycles. The van der Waals surface area contributed by atoms with Crippen molar-refractivity contribution in [2.75, 3.05) is 50.6 Å². The molecular formula is C25H29N5O3. The number of amides is 2. The van der Waals surface area contributed by atoms with Gasteiger partial charge < -0.3 is 24.6 Å². The number of anilines is 2. The third-order valence-corrected chi connectivity index (χ3v) is 5.69. The average molecular weight is 448 g/mol. The Morgan fingerprint density at radius 1 is 0.848 bits per heavy atom. The van der Waals surface area contributed by atoms with Crippen LogP contribution in [-0.4, -0.2) is 61.5 Å². The summed E-state index contributed by atoms with van der Waals surface area (Å²) in [7, 11) is 3.22. The quantitative estimate of drug-likeness (QED) is 0.634. The van der Waals surface area contributed by atoms with Gasteiger partial charge in [-0.25, -0.2) is 4.79 Å². The van der Waals surface area contributed by atoms with Crippen molar-refractivity contribution in [3.63, 3.8) is 0 Å². The summed E-state index contributed by atoms with van der Waals surface area (Å²) in [4.78, 5) is 16.7. The SMILES string of the molecule is COc1ccc(-c2ccc(N3CCN(C(=O)Nc4cc(C)cc(C)c4)CC3)nn2)cc1OC. The molecule has 2 amide bonds. The second-order valence-electron chi connectivity index (χ2n) is 8.13. The van der Waals surface area contributed by atoms with Crippen molar-refractivity contribution in [3.05, 3.63) is 59.7 Å². The van der Waals surface area contributed by atoms with Gasteiger partial charge in [0.25, 0.3) is 0 Å². The van der Waals surface area contributed by atoms with Crippen LogP contribution in [0.3, 0.4) is 0 Å². The van der Waals surface area contributed by atoms with E-state index in [1.165, 1.54) is 0 Å². The van der Waals surface area contributed by atoms with E-state index in [2.05, 4.69) is 26.5 Å². The van der Waals surface area contributed by atoms with Crippen molar-refractivity contribution in [2.45, 2.75) is 13.8 Å². The lowest BCUT2D eigenvalue weighted by molar-refractivity contribution is 0.208. The summed E-state index contributed by atoms with van der Waals surface area (Å²) in [5.74, 6) is 2.12. The van der Waals surface area contributed by atoms with Crippen LogP contribution in [-0.2, 0) is 0 Å². The second kappa shape index (κ2) is 9.77. The van der Waals surface area contributed by atoms with Gasteiger partial charge in [-0.15, -0.1) is 10.2 Å². The van der Waals surface area contributed by atoms with Gasteiger partial charge in [0.2, 0.25) is 0 Å². The molecule has 1 aliphatic rings. The monoisotopic (exact) mass is 447 g/mol. The van der Waals surface area contributed by atoms with Gasteiger partial charge in [-0.05, 0) is 67.4 Å². The number of rotatable bonds is 5. The normalized spacial score (nSPS) is 13.6. The summed E-state index contributed by atoms with van der Waals surface area (Å²) in [5, 5.41) is 11.8. The Hall–Kier alpha value is -3.81. The van der Waals surface area contributed by atoms with E-state index in [0.717, 1.165) is 33.9 Å². The summed E-state index contributed by atoms with van der Waals surface area (Å²) in [6.45, 7) is 6.69. The number of methoxy groups -OCH3 is 2. The molecule has 0 bridgehead atoms. The van der Waals surface area contributed by atoms with Crippen molar-refractivity contribution in [2.24, 2.45) is 0 Å². The molecule has 8 heteroatoms. The zero-order chi connectivity index (χ0) is 23.4. The van der Waals surface area contributed by atoms with Crippen LogP contribution in [0.15, 0.2) is 48.5 Å².